The number of alkyl halides is 3. The molecule has 0 rings (SSSR count). The smallest absolute Gasteiger partial charge is 0.398 e. The Hall–Kier alpha value is 0.0638. The van der Waals surface area contributed by atoms with Crippen LogP contribution >= 0.6 is 0 Å². The maximum atomic E-state index is 12.2. The first-order valence-electron chi connectivity index (χ1n) is 5.02. The third-order valence-electron chi connectivity index (χ3n) is 2.44. The summed E-state index contributed by atoms with van der Waals surface area (Å²) in [4.78, 5) is 0. The Labute approximate surface area is 102 Å². The summed E-state index contributed by atoms with van der Waals surface area (Å²) in [6, 6.07) is -0.178. The molecule has 0 aliphatic heterocycles. The summed E-state index contributed by atoms with van der Waals surface area (Å²) >= 11 is 0. The average molecular weight is 292 g/mol. The molecular formula is C8H19F3O4Si2. The van der Waals surface area contributed by atoms with Crippen molar-refractivity contribution in [3.05, 3.63) is 0 Å². The summed E-state index contributed by atoms with van der Waals surface area (Å²) in [6.07, 6.45) is -5.14. The molecule has 9 heteroatoms. The Kier molecular flexibility index (Phi) is 6.32. The number of halogens is 3. The van der Waals surface area contributed by atoms with Gasteiger partial charge in [0, 0.05) is 34.3 Å². The van der Waals surface area contributed by atoms with Crippen LogP contribution in [-0.2, 0) is 17.4 Å². The third kappa shape index (κ3) is 6.53. The van der Waals surface area contributed by atoms with Gasteiger partial charge in [-0.05, 0) is 12.6 Å². The van der Waals surface area contributed by atoms with Crippen LogP contribution in [0.1, 0.15) is 6.42 Å². The Balaban J connectivity index is 4.57. The predicted octanol–water partition coefficient (Wildman–Crippen LogP) is 2.54. The van der Waals surface area contributed by atoms with Crippen molar-refractivity contribution >= 4 is 17.4 Å². The zero-order valence-electron chi connectivity index (χ0n) is 10.7. The Bertz CT molecular complexity index is 235. The van der Waals surface area contributed by atoms with Crippen LogP contribution < -0.4 is 0 Å². The molecule has 0 aliphatic rings. The summed E-state index contributed by atoms with van der Waals surface area (Å²) in [5, 5.41) is 0. The van der Waals surface area contributed by atoms with Gasteiger partial charge in [0.1, 0.15) is 0 Å². The van der Waals surface area contributed by atoms with Crippen molar-refractivity contribution < 1.29 is 30.6 Å². The minimum atomic E-state index is -4.21. The molecule has 0 aromatic rings. The minimum absolute atomic E-state index is 0.178. The standard InChI is InChI=1S/C8H19F3O4Si2/c1-12-16(4,7-6-8(9,10)11)15-17(5,13-2)14-3/h6-7H2,1-5H3. The van der Waals surface area contributed by atoms with E-state index >= 15 is 0 Å². The summed E-state index contributed by atoms with van der Waals surface area (Å²) in [5.74, 6) is 0. The van der Waals surface area contributed by atoms with Crippen molar-refractivity contribution in [2.24, 2.45) is 0 Å². The maximum absolute atomic E-state index is 12.2. The summed E-state index contributed by atoms with van der Waals surface area (Å²) in [5.41, 5.74) is 0. The van der Waals surface area contributed by atoms with E-state index in [-0.39, 0.29) is 6.04 Å². The van der Waals surface area contributed by atoms with Gasteiger partial charge in [-0.25, -0.2) is 0 Å². The van der Waals surface area contributed by atoms with Crippen molar-refractivity contribution in [2.45, 2.75) is 31.7 Å². The maximum Gasteiger partial charge on any atom is 0.488 e. The number of hydrogen-bond donors (Lipinski definition) is 0. The van der Waals surface area contributed by atoms with Crippen LogP contribution in [0.5, 0.6) is 0 Å². The number of rotatable bonds is 7. The first-order chi connectivity index (χ1) is 7.60. The lowest BCUT2D eigenvalue weighted by Gasteiger charge is -2.33. The van der Waals surface area contributed by atoms with Crippen LogP contribution in [0, 0.1) is 0 Å². The molecule has 0 saturated carbocycles. The zero-order chi connectivity index (χ0) is 13.7. The second-order valence-corrected chi connectivity index (χ2v) is 10.4. The highest BCUT2D eigenvalue weighted by Crippen LogP contribution is 2.28. The van der Waals surface area contributed by atoms with Crippen LogP contribution in [0.15, 0.2) is 0 Å². The van der Waals surface area contributed by atoms with E-state index in [0.717, 1.165) is 0 Å². The molecule has 17 heavy (non-hydrogen) atoms. The van der Waals surface area contributed by atoms with Crippen LogP contribution in [0.2, 0.25) is 19.1 Å². The van der Waals surface area contributed by atoms with Gasteiger partial charge in [-0.1, -0.05) is 0 Å². The predicted molar refractivity (Wildman–Crippen MR) is 60.8 cm³/mol. The van der Waals surface area contributed by atoms with Gasteiger partial charge in [0.2, 0.25) is 0 Å². The lowest BCUT2D eigenvalue weighted by molar-refractivity contribution is -0.131. The van der Waals surface area contributed by atoms with E-state index in [9.17, 15) is 13.2 Å². The largest absolute Gasteiger partial charge is 0.488 e. The van der Waals surface area contributed by atoms with Crippen molar-refractivity contribution in [2.75, 3.05) is 21.3 Å². The monoisotopic (exact) mass is 292 g/mol. The number of hydrogen-bond acceptors (Lipinski definition) is 4. The van der Waals surface area contributed by atoms with E-state index in [0.29, 0.717) is 0 Å². The summed E-state index contributed by atoms with van der Waals surface area (Å²) in [6.45, 7) is 3.19. The van der Waals surface area contributed by atoms with E-state index in [1.165, 1.54) is 21.3 Å². The molecule has 0 radical (unpaired) electrons. The third-order valence-corrected chi connectivity index (χ3v) is 9.15. The fraction of sp³-hybridized carbons (Fsp3) is 1.00. The van der Waals surface area contributed by atoms with Gasteiger partial charge in [0.25, 0.3) is 0 Å². The lowest BCUT2D eigenvalue weighted by Crippen LogP contribution is -2.52. The van der Waals surface area contributed by atoms with Gasteiger partial charge in [0.05, 0.1) is 0 Å². The van der Waals surface area contributed by atoms with Crippen molar-refractivity contribution in [1.29, 1.82) is 0 Å². The molecule has 4 nitrogen and oxygen atoms in total. The highest BCUT2D eigenvalue weighted by Gasteiger charge is 2.45. The van der Waals surface area contributed by atoms with Gasteiger partial charge in [-0.2, -0.15) is 13.2 Å². The Morgan fingerprint density at radius 1 is 0.941 bits per heavy atom. The molecule has 0 N–H and O–H groups in total. The molecule has 0 fully saturated rings. The zero-order valence-corrected chi connectivity index (χ0v) is 12.7. The fourth-order valence-electron chi connectivity index (χ4n) is 1.12. The summed E-state index contributed by atoms with van der Waals surface area (Å²) < 4.78 is 57.4. The quantitative estimate of drug-likeness (QED) is 0.676. The van der Waals surface area contributed by atoms with Crippen molar-refractivity contribution in [3.8, 4) is 0 Å². The topological polar surface area (TPSA) is 36.9 Å². The van der Waals surface area contributed by atoms with Crippen LogP contribution in [-0.4, -0.2) is 44.9 Å². The molecule has 0 bridgehead atoms. The molecule has 0 saturated heterocycles. The molecular weight excluding hydrogens is 273 g/mol. The Morgan fingerprint density at radius 2 is 1.41 bits per heavy atom. The fourth-order valence-corrected chi connectivity index (χ4v) is 6.78. The second kappa shape index (κ2) is 6.29. The normalized spacial score (nSPS) is 16.9. The SMILES string of the molecule is CO[Si](C)(CCC(F)(F)F)O[Si](C)(OC)OC. The van der Waals surface area contributed by atoms with Gasteiger partial charge in [-0.3, -0.25) is 0 Å². The van der Waals surface area contributed by atoms with E-state index in [1.807, 2.05) is 0 Å². The van der Waals surface area contributed by atoms with Gasteiger partial charge in [0.15, 0.2) is 0 Å². The minimum Gasteiger partial charge on any atom is -0.398 e. The lowest BCUT2D eigenvalue weighted by atomic mass is 10.5. The first-order valence-corrected chi connectivity index (χ1v) is 9.77. The molecule has 0 aromatic carbocycles. The van der Waals surface area contributed by atoms with E-state index in [2.05, 4.69) is 0 Å². The van der Waals surface area contributed by atoms with Gasteiger partial charge < -0.3 is 17.4 Å². The summed E-state index contributed by atoms with van der Waals surface area (Å²) in [7, 11) is -1.64. The van der Waals surface area contributed by atoms with Crippen LogP contribution in [0.25, 0.3) is 0 Å². The molecule has 0 aliphatic carbocycles. The van der Waals surface area contributed by atoms with Gasteiger partial charge >= 0.3 is 23.5 Å². The molecule has 0 amide bonds. The van der Waals surface area contributed by atoms with Crippen LogP contribution in [0.4, 0.5) is 13.2 Å². The molecule has 0 heterocycles. The highest BCUT2D eigenvalue weighted by atomic mass is 28.5. The van der Waals surface area contributed by atoms with Crippen LogP contribution in [0.3, 0.4) is 0 Å². The molecule has 104 valence electrons. The molecule has 0 aromatic heterocycles. The van der Waals surface area contributed by atoms with E-state index in [1.54, 1.807) is 13.1 Å². The van der Waals surface area contributed by atoms with Crippen molar-refractivity contribution in [1.82, 2.24) is 0 Å². The molecule has 0 spiro atoms. The first kappa shape index (κ1) is 17.1. The Morgan fingerprint density at radius 3 is 1.71 bits per heavy atom. The second-order valence-electron chi connectivity index (χ2n) is 3.83. The van der Waals surface area contributed by atoms with Crippen molar-refractivity contribution in [3.63, 3.8) is 0 Å². The van der Waals surface area contributed by atoms with Gasteiger partial charge in [-0.15, -0.1) is 0 Å². The molecule has 1 unspecified atom stereocenters. The average Bonchev–Trinajstić information content (AvgIpc) is 2.25. The highest BCUT2D eigenvalue weighted by molar-refractivity contribution is 6.77. The molecule has 1 atom stereocenters. The van der Waals surface area contributed by atoms with E-state index in [4.69, 9.17) is 17.4 Å². The van der Waals surface area contributed by atoms with E-state index < -0.39 is 30.0 Å².